The summed E-state index contributed by atoms with van der Waals surface area (Å²) in [6.45, 7) is 4.56. The number of quaternary nitrogens is 1. The van der Waals surface area contributed by atoms with Crippen LogP contribution in [0.5, 0.6) is 0 Å². The van der Waals surface area contributed by atoms with Gasteiger partial charge in [-0.3, -0.25) is 9.36 Å². The molecule has 0 radical (unpaired) electrons. The molecule has 9 heteroatoms. The van der Waals surface area contributed by atoms with E-state index in [1.807, 2.05) is 27.2 Å². The fraction of sp³-hybridized carbons (Fsp3) is 0.791. The molecule has 0 aromatic heterocycles. The summed E-state index contributed by atoms with van der Waals surface area (Å²) in [5.74, 6) is -0.219. The van der Waals surface area contributed by atoms with Gasteiger partial charge in [0.1, 0.15) is 13.2 Å². The van der Waals surface area contributed by atoms with Crippen molar-refractivity contribution < 1.29 is 32.9 Å². The van der Waals surface area contributed by atoms with Crippen LogP contribution in [-0.2, 0) is 18.4 Å². The minimum Gasteiger partial charge on any atom is -0.756 e. The van der Waals surface area contributed by atoms with Crippen LogP contribution in [0.4, 0.5) is 0 Å². The van der Waals surface area contributed by atoms with Crippen LogP contribution in [0, 0.1) is 0 Å². The third-order valence-electron chi connectivity index (χ3n) is 9.01. The number of hydrogen-bond donors (Lipinski definition) is 2. The van der Waals surface area contributed by atoms with Gasteiger partial charge in [-0.05, 0) is 64.2 Å². The lowest BCUT2D eigenvalue weighted by Gasteiger charge is -2.29. The van der Waals surface area contributed by atoms with Gasteiger partial charge >= 0.3 is 0 Å². The number of likely N-dealkylation sites (N-methyl/N-ethyl adjacent to an activating group) is 1. The molecule has 0 aliphatic carbocycles. The average molecular weight is 753 g/mol. The molecule has 0 saturated heterocycles. The van der Waals surface area contributed by atoms with Gasteiger partial charge in [0.25, 0.3) is 7.82 Å². The van der Waals surface area contributed by atoms with E-state index in [2.05, 4.69) is 55.6 Å². The highest BCUT2D eigenvalue weighted by molar-refractivity contribution is 7.45. The second-order valence-electron chi connectivity index (χ2n) is 15.3. The zero-order valence-electron chi connectivity index (χ0n) is 34.2. The number of aliphatic hydroxyl groups excluding tert-OH is 1. The van der Waals surface area contributed by atoms with E-state index in [0.717, 1.165) is 57.8 Å². The Kier molecular flexibility index (Phi) is 34.1. The van der Waals surface area contributed by atoms with Gasteiger partial charge < -0.3 is 28.8 Å². The first-order valence-electron chi connectivity index (χ1n) is 21.0. The molecule has 52 heavy (non-hydrogen) atoms. The first-order chi connectivity index (χ1) is 25.0. The van der Waals surface area contributed by atoms with Gasteiger partial charge in [0.2, 0.25) is 5.91 Å². The summed E-state index contributed by atoms with van der Waals surface area (Å²) in [6, 6.07) is -0.906. The Morgan fingerprint density at radius 2 is 1.13 bits per heavy atom. The van der Waals surface area contributed by atoms with Crippen molar-refractivity contribution in [1.29, 1.82) is 0 Å². The number of phosphoric ester groups is 1. The summed E-state index contributed by atoms with van der Waals surface area (Å²) in [5, 5.41) is 13.7. The first kappa shape index (κ1) is 50.5. The number of hydrogen-bond acceptors (Lipinski definition) is 6. The number of unbranched alkanes of at least 4 members (excludes halogenated alkanes) is 18. The summed E-state index contributed by atoms with van der Waals surface area (Å²) in [7, 11) is 1.23. The summed E-state index contributed by atoms with van der Waals surface area (Å²) in [4.78, 5) is 25.2. The Hall–Kier alpha value is -1.54. The van der Waals surface area contributed by atoms with Crippen LogP contribution in [0.25, 0.3) is 0 Å². The molecule has 0 aliphatic rings. The van der Waals surface area contributed by atoms with Crippen molar-refractivity contribution >= 4 is 13.7 Å². The van der Waals surface area contributed by atoms with Crippen molar-refractivity contribution in [1.82, 2.24) is 5.32 Å². The zero-order valence-corrected chi connectivity index (χ0v) is 35.1. The standard InChI is InChI=1S/C43H81N2O6P/c1-6-8-10-12-14-16-18-20-21-22-23-25-27-29-31-33-35-37-43(47)44-41(40-51-52(48,49)50-39-38-45(3,4)5)42(46)36-34-32-30-28-26-24-19-17-15-13-11-9-7-2/h14,16,20-21,26,28,34,36,41-42,46H,6-13,15,17-19,22-25,27,29-33,35,37-40H2,1-5H3,(H-,44,47,48,49)/b16-14-,21-20-,28-26+,36-34+. The molecular weight excluding hydrogens is 671 g/mol. The minimum absolute atomic E-state index is 0.00951. The van der Waals surface area contributed by atoms with E-state index in [1.54, 1.807) is 6.08 Å². The fourth-order valence-corrected chi connectivity index (χ4v) is 6.33. The quantitative estimate of drug-likeness (QED) is 0.0283. The third-order valence-corrected chi connectivity index (χ3v) is 9.98. The highest BCUT2D eigenvalue weighted by Crippen LogP contribution is 2.38. The Labute approximate surface area is 320 Å². The van der Waals surface area contributed by atoms with Gasteiger partial charge in [-0.1, -0.05) is 146 Å². The van der Waals surface area contributed by atoms with Crippen molar-refractivity contribution in [2.45, 2.75) is 180 Å². The van der Waals surface area contributed by atoms with Crippen LogP contribution < -0.4 is 10.2 Å². The summed E-state index contributed by atoms with van der Waals surface area (Å²) in [6.07, 6.45) is 42.9. The molecule has 0 fully saturated rings. The highest BCUT2D eigenvalue weighted by atomic mass is 31.2. The number of aliphatic hydroxyl groups is 1. The molecule has 1 amide bonds. The molecule has 3 unspecified atom stereocenters. The summed E-state index contributed by atoms with van der Waals surface area (Å²) >= 11 is 0. The molecule has 0 rings (SSSR count). The van der Waals surface area contributed by atoms with Crippen molar-refractivity contribution in [3.63, 3.8) is 0 Å². The number of phosphoric acid groups is 1. The molecule has 8 nitrogen and oxygen atoms in total. The van der Waals surface area contributed by atoms with Crippen LogP contribution in [0.1, 0.15) is 168 Å². The van der Waals surface area contributed by atoms with Gasteiger partial charge in [0, 0.05) is 6.42 Å². The van der Waals surface area contributed by atoms with Gasteiger partial charge in [-0.2, -0.15) is 0 Å². The van der Waals surface area contributed by atoms with E-state index in [0.29, 0.717) is 17.4 Å². The third kappa shape index (κ3) is 36.8. The molecule has 0 aliphatic heterocycles. The first-order valence-corrected chi connectivity index (χ1v) is 22.5. The predicted molar refractivity (Wildman–Crippen MR) is 219 cm³/mol. The monoisotopic (exact) mass is 753 g/mol. The lowest BCUT2D eigenvalue weighted by Crippen LogP contribution is -2.45. The summed E-state index contributed by atoms with van der Waals surface area (Å²) in [5.41, 5.74) is 0. The molecule has 0 spiro atoms. The molecule has 0 saturated carbocycles. The lowest BCUT2D eigenvalue weighted by molar-refractivity contribution is -0.870. The van der Waals surface area contributed by atoms with Gasteiger partial charge in [-0.25, -0.2) is 0 Å². The SMILES string of the molecule is CCCCC/C=C\C/C=C\CCCCCCCCCC(=O)NC(COP(=O)([O-])OCC[N+](C)(C)C)C(O)/C=C/CC/C=C/CCCCCCCCC. The number of nitrogens with zero attached hydrogens (tertiary/aromatic N) is 1. The maximum Gasteiger partial charge on any atom is 0.268 e. The van der Waals surface area contributed by atoms with E-state index in [-0.39, 0.29) is 12.5 Å². The molecule has 0 bridgehead atoms. The molecule has 2 N–H and O–H groups in total. The maximum atomic E-state index is 12.8. The topological polar surface area (TPSA) is 108 Å². The van der Waals surface area contributed by atoms with E-state index in [1.165, 1.54) is 89.9 Å². The second kappa shape index (κ2) is 35.2. The number of amides is 1. The van der Waals surface area contributed by atoms with Crippen molar-refractivity contribution in [3.8, 4) is 0 Å². The largest absolute Gasteiger partial charge is 0.756 e. The molecule has 304 valence electrons. The van der Waals surface area contributed by atoms with Crippen molar-refractivity contribution in [2.24, 2.45) is 0 Å². The van der Waals surface area contributed by atoms with Crippen LogP contribution >= 0.6 is 7.82 Å². The Balaban J connectivity index is 4.52. The summed E-state index contributed by atoms with van der Waals surface area (Å²) < 4.78 is 23.1. The average Bonchev–Trinajstić information content (AvgIpc) is 3.09. The predicted octanol–water partition coefficient (Wildman–Crippen LogP) is 10.7. The Bertz CT molecular complexity index is 991. The second-order valence-corrected chi connectivity index (χ2v) is 16.7. The molecule has 0 heterocycles. The van der Waals surface area contributed by atoms with Crippen LogP contribution in [0.3, 0.4) is 0 Å². The molecule has 0 aromatic carbocycles. The number of carbonyl (C=O) groups excluding carboxylic acids is 1. The minimum atomic E-state index is -4.59. The zero-order chi connectivity index (χ0) is 38.6. The van der Waals surface area contributed by atoms with E-state index < -0.39 is 26.6 Å². The highest BCUT2D eigenvalue weighted by Gasteiger charge is 2.23. The van der Waals surface area contributed by atoms with Gasteiger partial charge in [-0.15, -0.1) is 0 Å². The fourth-order valence-electron chi connectivity index (χ4n) is 5.61. The van der Waals surface area contributed by atoms with E-state index >= 15 is 0 Å². The molecule has 0 aromatic rings. The smallest absolute Gasteiger partial charge is 0.268 e. The van der Waals surface area contributed by atoms with Crippen LogP contribution in [-0.4, -0.2) is 68.5 Å². The Morgan fingerprint density at radius 3 is 1.71 bits per heavy atom. The molecular formula is C43H81N2O6P. The van der Waals surface area contributed by atoms with Crippen molar-refractivity contribution in [2.75, 3.05) is 40.9 Å². The van der Waals surface area contributed by atoms with Crippen molar-refractivity contribution in [3.05, 3.63) is 48.6 Å². The van der Waals surface area contributed by atoms with Gasteiger partial charge in [0.05, 0.1) is 39.9 Å². The van der Waals surface area contributed by atoms with Gasteiger partial charge in [0.15, 0.2) is 0 Å². The Morgan fingerprint density at radius 1 is 0.673 bits per heavy atom. The number of carbonyl (C=O) groups is 1. The maximum absolute atomic E-state index is 12.8. The normalized spacial score (nSPS) is 15.0. The van der Waals surface area contributed by atoms with Crippen LogP contribution in [0.15, 0.2) is 48.6 Å². The van der Waals surface area contributed by atoms with E-state index in [9.17, 15) is 19.4 Å². The number of nitrogens with one attached hydrogen (secondary N) is 1. The van der Waals surface area contributed by atoms with E-state index in [4.69, 9.17) is 9.05 Å². The number of allylic oxidation sites excluding steroid dienone is 7. The lowest BCUT2D eigenvalue weighted by atomic mass is 10.1. The molecule has 3 atom stereocenters. The number of rotatable bonds is 37. The van der Waals surface area contributed by atoms with Crippen LogP contribution in [0.2, 0.25) is 0 Å².